The smallest absolute Gasteiger partial charge is 0.224 e. The Balaban J connectivity index is 2.47. The number of carbonyl (C=O) groups is 1. The van der Waals surface area contributed by atoms with Gasteiger partial charge in [-0.1, -0.05) is 55.8 Å². The first-order valence-corrected chi connectivity index (χ1v) is 7.24. The van der Waals surface area contributed by atoms with Crippen molar-refractivity contribution in [3.63, 3.8) is 0 Å². The summed E-state index contributed by atoms with van der Waals surface area (Å²) in [6.07, 6.45) is 0.286. The average Bonchev–Trinajstić information content (AvgIpc) is 2.76. The Labute approximate surface area is 125 Å². The number of carbonyl (C=O) groups excluding carboxylic acids is 1. The Morgan fingerprint density at radius 2 is 1.90 bits per heavy atom. The molecule has 0 saturated heterocycles. The van der Waals surface area contributed by atoms with Gasteiger partial charge in [0.15, 0.2) is 0 Å². The van der Waals surface area contributed by atoms with E-state index in [1.807, 2.05) is 45.0 Å². The lowest BCUT2D eigenvalue weighted by Crippen LogP contribution is -2.30. The minimum atomic E-state index is -0.757. The predicted octanol–water partition coefficient (Wildman–Crippen LogP) is 3.53. The largest absolute Gasteiger partial charge is 0.299 e. The lowest BCUT2D eigenvalue weighted by atomic mass is 9.80. The summed E-state index contributed by atoms with van der Waals surface area (Å²) in [5.41, 5.74) is 2.65. The summed E-state index contributed by atoms with van der Waals surface area (Å²) in [5.74, 6) is -0.939. The number of Topliss-reactive ketones (excluding diaryl/α,β-unsaturated/α-hetero) is 1. The standard InChI is InChI=1S/C17H21NO3/c1-10(2)17(19)15-12(4)9-14(18(20)21)16(15)13-7-5-11(3)6-8-13/h5-8,10,14-16H,4,9H2,1-3H3/t14-,15+,16+/m0/s1. The van der Waals surface area contributed by atoms with Crippen LogP contribution in [0.1, 0.15) is 37.3 Å². The third-order valence-electron chi connectivity index (χ3n) is 4.29. The van der Waals surface area contributed by atoms with Crippen LogP contribution in [-0.2, 0) is 4.79 Å². The molecular formula is C17H21NO3. The van der Waals surface area contributed by atoms with E-state index in [1.165, 1.54) is 0 Å². The second-order valence-electron chi connectivity index (χ2n) is 6.19. The fraction of sp³-hybridized carbons (Fsp3) is 0.471. The van der Waals surface area contributed by atoms with Crippen molar-refractivity contribution in [3.05, 3.63) is 57.7 Å². The number of hydrogen-bond donors (Lipinski definition) is 0. The summed E-state index contributed by atoms with van der Waals surface area (Å²) >= 11 is 0. The van der Waals surface area contributed by atoms with Gasteiger partial charge in [-0.05, 0) is 12.5 Å². The van der Waals surface area contributed by atoms with Gasteiger partial charge in [-0.2, -0.15) is 0 Å². The van der Waals surface area contributed by atoms with Crippen LogP contribution in [0.4, 0.5) is 0 Å². The molecule has 0 radical (unpaired) electrons. The molecule has 4 heteroatoms. The molecule has 1 aromatic rings. The summed E-state index contributed by atoms with van der Waals surface area (Å²) in [7, 11) is 0. The van der Waals surface area contributed by atoms with E-state index in [0.29, 0.717) is 5.57 Å². The van der Waals surface area contributed by atoms with E-state index in [9.17, 15) is 14.9 Å². The summed E-state index contributed by atoms with van der Waals surface area (Å²) in [4.78, 5) is 23.6. The van der Waals surface area contributed by atoms with E-state index in [1.54, 1.807) is 0 Å². The summed E-state index contributed by atoms with van der Waals surface area (Å²) < 4.78 is 0. The first-order valence-electron chi connectivity index (χ1n) is 7.24. The Morgan fingerprint density at radius 1 is 1.33 bits per heavy atom. The van der Waals surface area contributed by atoms with Gasteiger partial charge in [0.05, 0.1) is 11.8 Å². The molecule has 3 atom stereocenters. The van der Waals surface area contributed by atoms with Gasteiger partial charge in [0, 0.05) is 17.3 Å². The third kappa shape index (κ3) is 2.89. The highest BCUT2D eigenvalue weighted by molar-refractivity contribution is 5.87. The topological polar surface area (TPSA) is 60.2 Å². The maximum atomic E-state index is 12.5. The molecule has 2 rings (SSSR count). The van der Waals surface area contributed by atoms with Gasteiger partial charge in [-0.25, -0.2) is 0 Å². The second-order valence-corrected chi connectivity index (χ2v) is 6.19. The zero-order chi connectivity index (χ0) is 15.7. The van der Waals surface area contributed by atoms with Crippen molar-refractivity contribution in [1.82, 2.24) is 0 Å². The molecule has 0 aromatic heterocycles. The van der Waals surface area contributed by atoms with Gasteiger partial charge in [0.2, 0.25) is 6.04 Å². The number of nitro groups is 1. The predicted molar refractivity (Wildman–Crippen MR) is 81.8 cm³/mol. The van der Waals surface area contributed by atoms with Crippen LogP contribution in [-0.4, -0.2) is 16.7 Å². The maximum absolute atomic E-state index is 12.5. The van der Waals surface area contributed by atoms with Crippen LogP contribution >= 0.6 is 0 Å². The number of hydrogen-bond acceptors (Lipinski definition) is 3. The van der Waals surface area contributed by atoms with Crippen LogP contribution < -0.4 is 0 Å². The van der Waals surface area contributed by atoms with Crippen molar-refractivity contribution in [2.75, 3.05) is 0 Å². The summed E-state index contributed by atoms with van der Waals surface area (Å²) in [5, 5.41) is 11.4. The monoisotopic (exact) mass is 287 g/mol. The van der Waals surface area contributed by atoms with Crippen LogP contribution in [0.15, 0.2) is 36.4 Å². The fourth-order valence-corrected chi connectivity index (χ4v) is 3.14. The van der Waals surface area contributed by atoms with Crippen molar-refractivity contribution in [1.29, 1.82) is 0 Å². The van der Waals surface area contributed by atoms with Gasteiger partial charge < -0.3 is 0 Å². The molecule has 0 heterocycles. The van der Waals surface area contributed by atoms with Gasteiger partial charge >= 0.3 is 0 Å². The van der Waals surface area contributed by atoms with Crippen LogP contribution in [0, 0.1) is 28.9 Å². The zero-order valence-electron chi connectivity index (χ0n) is 12.7. The molecular weight excluding hydrogens is 266 g/mol. The molecule has 0 bridgehead atoms. The first kappa shape index (κ1) is 15.4. The van der Waals surface area contributed by atoms with Gasteiger partial charge in [-0.3, -0.25) is 14.9 Å². The number of benzene rings is 1. The highest BCUT2D eigenvalue weighted by atomic mass is 16.6. The van der Waals surface area contributed by atoms with Crippen molar-refractivity contribution >= 4 is 5.78 Å². The molecule has 0 aliphatic heterocycles. The van der Waals surface area contributed by atoms with Crippen molar-refractivity contribution in [3.8, 4) is 0 Å². The van der Waals surface area contributed by atoms with E-state index in [2.05, 4.69) is 6.58 Å². The van der Waals surface area contributed by atoms with E-state index in [0.717, 1.165) is 11.1 Å². The zero-order valence-corrected chi connectivity index (χ0v) is 12.7. The molecule has 1 fully saturated rings. The van der Waals surface area contributed by atoms with Crippen LogP contribution in [0.3, 0.4) is 0 Å². The lowest BCUT2D eigenvalue weighted by molar-refractivity contribution is -0.523. The quantitative estimate of drug-likeness (QED) is 0.483. The van der Waals surface area contributed by atoms with Crippen molar-refractivity contribution in [2.45, 2.75) is 39.2 Å². The number of ketones is 1. The summed E-state index contributed by atoms with van der Waals surface area (Å²) in [6.45, 7) is 9.58. The Morgan fingerprint density at radius 3 is 2.38 bits per heavy atom. The molecule has 0 spiro atoms. The SMILES string of the molecule is C=C1C[C@H]([N+](=O)[O-])[C@@H](c2ccc(C)cc2)[C@@H]1C(=O)C(C)C. The molecule has 0 unspecified atom stereocenters. The fourth-order valence-electron chi connectivity index (χ4n) is 3.14. The lowest BCUT2D eigenvalue weighted by Gasteiger charge is -2.22. The Hall–Kier alpha value is -1.97. The molecule has 4 nitrogen and oxygen atoms in total. The normalized spacial score (nSPS) is 25.3. The molecule has 1 aliphatic rings. The van der Waals surface area contributed by atoms with Gasteiger partial charge in [-0.15, -0.1) is 0 Å². The number of rotatable bonds is 4. The Kier molecular flexibility index (Phi) is 4.26. The highest BCUT2D eigenvalue weighted by Gasteiger charge is 2.49. The summed E-state index contributed by atoms with van der Waals surface area (Å²) in [6, 6.07) is 6.91. The van der Waals surface area contributed by atoms with Gasteiger partial charge in [0.25, 0.3) is 0 Å². The molecule has 21 heavy (non-hydrogen) atoms. The van der Waals surface area contributed by atoms with Crippen molar-refractivity contribution < 1.29 is 9.72 Å². The van der Waals surface area contributed by atoms with E-state index >= 15 is 0 Å². The molecule has 0 amide bonds. The van der Waals surface area contributed by atoms with Crippen LogP contribution in [0.25, 0.3) is 0 Å². The molecule has 1 aliphatic carbocycles. The maximum Gasteiger partial charge on any atom is 0.224 e. The van der Waals surface area contributed by atoms with E-state index in [4.69, 9.17) is 0 Å². The van der Waals surface area contributed by atoms with E-state index < -0.39 is 17.9 Å². The number of aryl methyl sites for hydroxylation is 1. The van der Waals surface area contributed by atoms with Crippen LogP contribution in [0.5, 0.6) is 0 Å². The molecule has 1 saturated carbocycles. The molecule has 0 N–H and O–H groups in total. The van der Waals surface area contributed by atoms with E-state index in [-0.39, 0.29) is 23.0 Å². The average molecular weight is 287 g/mol. The minimum Gasteiger partial charge on any atom is -0.299 e. The van der Waals surface area contributed by atoms with Crippen LogP contribution in [0.2, 0.25) is 0 Å². The Bertz CT molecular complexity index is 574. The molecule has 1 aromatic carbocycles. The first-order chi connectivity index (χ1) is 9.82. The minimum absolute atomic E-state index is 0.0509. The number of nitrogens with zero attached hydrogens (tertiary/aromatic N) is 1. The molecule has 112 valence electrons. The second kappa shape index (κ2) is 5.80. The van der Waals surface area contributed by atoms with Crippen molar-refractivity contribution in [2.24, 2.45) is 11.8 Å². The van der Waals surface area contributed by atoms with Gasteiger partial charge in [0.1, 0.15) is 5.78 Å². The third-order valence-corrected chi connectivity index (χ3v) is 4.29. The highest BCUT2D eigenvalue weighted by Crippen LogP contribution is 2.45.